The fourth-order valence-electron chi connectivity index (χ4n) is 2.72. The van der Waals surface area contributed by atoms with E-state index >= 15 is 0 Å². The van der Waals surface area contributed by atoms with Crippen molar-refractivity contribution in [2.24, 2.45) is 0 Å². The summed E-state index contributed by atoms with van der Waals surface area (Å²) < 4.78 is 12.6. The maximum Gasteiger partial charge on any atom is 0.328 e. The van der Waals surface area contributed by atoms with Gasteiger partial charge in [-0.15, -0.1) is 0 Å². The summed E-state index contributed by atoms with van der Waals surface area (Å²) in [6.07, 6.45) is -0.398. The molecule has 1 unspecified atom stereocenters. The predicted octanol–water partition coefficient (Wildman–Crippen LogP) is 1.53. The molecule has 0 aliphatic carbocycles. The second-order valence-electron chi connectivity index (χ2n) is 5.39. The van der Waals surface area contributed by atoms with Gasteiger partial charge in [-0.25, -0.2) is 4.79 Å². The third-order valence-electron chi connectivity index (χ3n) is 3.84. The highest BCUT2D eigenvalue weighted by molar-refractivity contribution is 5.76. The molecule has 4 rings (SSSR count). The molecule has 1 atom stereocenters. The van der Waals surface area contributed by atoms with E-state index in [1.54, 1.807) is 30.3 Å². The van der Waals surface area contributed by atoms with Gasteiger partial charge < -0.3 is 14.5 Å². The highest BCUT2D eigenvalue weighted by Crippen LogP contribution is 2.30. The summed E-state index contributed by atoms with van der Waals surface area (Å²) in [6, 6.07) is 14.3. The first-order valence-corrected chi connectivity index (χ1v) is 7.33. The van der Waals surface area contributed by atoms with Gasteiger partial charge >= 0.3 is 5.69 Å². The predicted molar refractivity (Wildman–Crippen MR) is 85.2 cm³/mol. The smallest absolute Gasteiger partial charge is 0.328 e. The molecule has 3 aromatic rings. The van der Waals surface area contributed by atoms with Gasteiger partial charge in [0.25, 0.3) is 5.56 Å². The number of nitrogens with zero attached hydrogens (tertiary/aromatic N) is 1. The summed E-state index contributed by atoms with van der Waals surface area (Å²) >= 11 is 0. The number of aromatic nitrogens is 2. The normalized spacial score (nSPS) is 16.4. The molecule has 0 saturated heterocycles. The number of para-hydroxylation sites is 3. The third kappa shape index (κ3) is 2.38. The van der Waals surface area contributed by atoms with Crippen LogP contribution >= 0.6 is 0 Å². The summed E-state index contributed by atoms with van der Waals surface area (Å²) in [4.78, 5) is 27.4. The van der Waals surface area contributed by atoms with Gasteiger partial charge in [-0.3, -0.25) is 9.36 Å². The second kappa shape index (κ2) is 5.31. The van der Waals surface area contributed by atoms with E-state index in [1.165, 1.54) is 0 Å². The first-order chi connectivity index (χ1) is 11.2. The molecule has 0 bridgehead atoms. The average Bonchev–Trinajstić information content (AvgIpc) is 2.58. The minimum Gasteiger partial charge on any atom is -0.486 e. The number of benzene rings is 2. The van der Waals surface area contributed by atoms with Crippen molar-refractivity contribution in [3.8, 4) is 11.5 Å². The van der Waals surface area contributed by atoms with E-state index in [-0.39, 0.29) is 18.7 Å². The Balaban J connectivity index is 1.69. The van der Waals surface area contributed by atoms with Crippen LogP contribution in [0.15, 0.2) is 58.1 Å². The summed E-state index contributed by atoms with van der Waals surface area (Å²) in [5, 5.41) is 0.476. The van der Waals surface area contributed by atoms with Crippen molar-refractivity contribution < 1.29 is 9.47 Å². The summed E-state index contributed by atoms with van der Waals surface area (Å²) in [7, 11) is 0. The van der Waals surface area contributed by atoms with Crippen molar-refractivity contribution in [2.75, 3.05) is 6.61 Å². The van der Waals surface area contributed by atoms with E-state index in [0.29, 0.717) is 22.4 Å². The van der Waals surface area contributed by atoms with Crippen LogP contribution in [0.2, 0.25) is 0 Å². The van der Waals surface area contributed by atoms with Gasteiger partial charge in [0, 0.05) is 0 Å². The fourth-order valence-corrected chi connectivity index (χ4v) is 2.72. The standard InChI is InChI=1S/C17H14N2O4/c20-16-12-5-1-2-6-13(12)18-17(21)19(16)9-11-10-22-14-7-3-4-8-15(14)23-11/h1-8,11H,9-10H2,(H,18,21). The lowest BCUT2D eigenvalue weighted by atomic mass is 10.2. The maximum atomic E-state index is 12.5. The van der Waals surface area contributed by atoms with Crippen LogP contribution in [0.25, 0.3) is 10.9 Å². The average molecular weight is 310 g/mol. The van der Waals surface area contributed by atoms with Crippen LogP contribution in [0.4, 0.5) is 0 Å². The molecule has 23 heavy (non-hydrogen) atoms. The molecule has 0 fully saturated rings. The third-order valence-corrected chi connectivity index (χ3v) is 3.84. The lowest BCUT2D eigenvalue weighted by molar-refractivity contribution is 0.0769. The number of nitrogens with one attached hydrogen (secondary N) is 1. The molecule has 0 amide bonds. The largest absolute Gasteiger partial charge is 0.486 e. The van der Waals surface area contributed by atoms with Gasteiger partial charge in [-0.1, -0.05) is 24.3 Å². The molecule has 1 aliphatic rings. The molecular weight excluding hydrogens is 296 g/mol. The van der Waals surface area contributed by atoms with E-state index in [1.807, 2.05) is 18.2 Å². The Morgan fingerprint density at radius 1 is 1.04 bits per heavy atom. The lowest BCUT2D eigenvalue weighted by Gasteiger charge is -2.26. The van der Waals surface area contributed by atoms with Crippen LogP contribution in [-0.4, -0.2) is 22.3 Å². The van der Waals surface area contributed by atoms with Crippen molar-refractivity contribution in [2.45, 2.75) is 12.6 Å². The van der Waals surface area contributed by atoms with Crippen molar-refractivity contribution in [3.63, 3.8) is 0 Å². The van der Waals surface area contributed by atoms with E-state index < -0.39 is 11.8 Å². The molecule has 0 radical (unpaired) electrons. The zero-order chi connectivity index (χ0) is 15.8. The number of rotatable bonds is 2. The number of aromatic amines is 1. The summed E-state index contributed by atoms with van der Waals surface area (Å²) in [6.45, 7) is 0.420. The first-order valence-electron chi connectivity index (χ1n) is 7.33. The molecule has 2 heterocycles. The van der Waals surface area contributed by atoms with Gasteiger partial charge in [-0.2, -0.15) is 0 Å². The Bertz CT molecular complexity index is 990. The molecule has 0 saturated carbocycles. The highest BCUT2D eigenvalue weighted by Gasteiger charge is 2.22. The zero-order valence-corrected chi connectivity index (χ0v) is 12.2. The quantitative estimate of drug-likeness (QED) is 0.779. The Labute approximate surface area is 130 Å². The van der Waals surface area contributed by atoms with Crippen LogP contribution < -0.4 is 20.7 Å². The van der Waals surface area contributed by atoms with Gasteiger partial charge in [0.05, 0.1) is 17.4 Å². The van der Waals surface area contributed by atoms with Gasteiger partial charge in [0.1, 0.15) is 6.61 Å². The Morgan fingerprint density at radius 3 is 2.65 bits per heavy atom. The molecule has 2 aromatic carbocycles. The highest BCUT2D eigenvalue weighted by atomic mass is 16.6. The summed E-state index contributed by atoms with van der Waals surface area (Å²) in [5.41, 5.74) is -0.243. The summed E-state index contributed by atoms with van der Waals surface area (Å²) in [5.74, 6) is 1.29. The van der Waals surface area contributed by atoms with E-state index in [9.17, 15) is 9.59 Å². The lowest BCUT2D eigenvalue weighted by Crippen LogP contribution is -2.42. The number of H-pyrrole nitrogens is 1. The molecule has 6 nitrogen and oxygen atoms in total. The molecule has 1 aromatic heterocycles. The van der Waals surface area contributed by atoms with Crippen LogP contribution in [-0.2, 0) is 6.54 Å². The molecule has 116 valence electrons. The first kappa shape index (κ1) is 13.6. The molecule has 1 aliphatic heterocycles. The topological polar surface area (TPSA) is 73.3 Å². The van der Waals surface area contributed by atoms with Crippen molar-refractivity contribution in [3.05, 3.63) is 69.4 Å². The number of ether oxygens (including phenoxy) is 2. The Kier molecular flexibility index (Phi) is 3.15. The van der Waals surface area contributed by atoms with Crippen LogP contribution in [0, 0.1) is 0 Å². The van der Waals surface area contributed by atoms with Crippen LogP contribution in [0.1, 0.15) is 0 Å². The zero-order valence-electron chi connectivity index (χ0n) is 12.2. The van der Waals surface area contributed by atoms with Gasteiger partial charge in [-0.05, 0) is 24.3 Å². The molecular formula is C17H14N2O4. The van der Waals surface area contributed by atoms with Crippen molar-refractivity contribution in [1.29, 1.82) is 0 Å². The number of hydrogen-bond donors (Lipinski definition) is 1. The minimum atomic E-state index is -0.448. The van der Waals surface area contributed by atoms with Crippen LogP contribution in [0.5, 0.6) is 11.5 Å². The van der Waals surface area contributed by atoms with Crippen molar-refractivity contribution in [1.82, 2.24) is 9.55 Å². The van der Waals surface area contributed by atoms with E-state index in [0.717, 1.165) is 4.57 Å². The van der Waals surface area contributed by atoms with Gasteiger partial charge in [0.2, 0.25) is 0 Å². The number of hydrogen-bond acceptors (Lipinski definition) is 4. The second-order valence-corrected chi connectivity index (χ2v) is 5.39. The Morgan fingerprint density at radius 2 is 1.78 bits per heavy atom. The fraction of sp³-hybridized carbons (Fsp3) is 0.176. The van der Waals surface area contributed by atoms with Crippen molar-refractivity contribution >= 4 is 10.9 Å². The molecule has 0 spiro atoms. The Hall–Kier alpha value is -3.02. The minimum absolute atomic E-state index is 0.132. The van der Waals surface area contributed by atoms with Gasteiger partial charge in [0.15, 0.2) is 17.6 Å². The molecule has 1 N–H and O–H groups in total. The maximum absolute atomic E-state index is 12.5. The van der Waals surface area contributed by atoms with Crippen LogP contribution in [0.3, 0.4) is 0 Å². The van der Waals surface area contributed by atoms with E-state index in [4.69, 9.17) is 9.47 Å². The number of fused-ring (bicyclic) bond motifs is 2. The van der Waals surface area contributed by atoms with E-state index in [2.05, 4.69) is 4.98 Å². The SMILES string of the molecule is O=c1[nH]c2ccccc2c(=O)n1CC1COc2ccccc2O1. The molecule has 6 heteroatoms. The monoisotopic (exact) mass is 310 g/mol.